The number of fused-ring (bicyclic) bond motifs is 1. The standard InChI is InChI=1S/C27H19N2/c1-3-10-23(11-4-1)29(24-12-5-2-6-13-24)25-17-15-22(16-18-25)27-26-14-8-7-9-21(26)19-20-28-27/h1-15,17-20H/q-1. The van der Waals surface area contributed by atoms with Gasteiger partial charge in [0.2, 0.25) is 0 Å². The molecule has 0 aliphatic heterocycles. The van der Waals surface area contributed by atoms with Crippen LogP contribution in [-0.2, 0) is 0 Å². The van der Waals surface area contributed by atoms with Crippen LogP contribution in [0.15, 0.2) is 115 Å². The zero-order valence-corrected chi connectivity index (χ0v) is 15.9. The van der Waals surface area contributed by atoms with Crippen LogP contribution in [0.4, 0.5) is 17.1 Å². The summed E-state index contributed by atoms with van der Waals surface area (Å²) in [5, 5.41) is 2.33. The maximum atomic E-state index is 4.62. The van der Waals surface area contributed by atoms with Gasteiger partial charge in [-0.15, -0.1) is 29.8 Å². The van der Waals surface area contributed by atoms with E-state index in [0.29, 0.717) is 0 Å². The monoisotopic (exact) mass is 371 g/mol. The summed E-state index contributed by atoms with van der Waals surface area (Å²) < 4.78 is 0. The molecule has 1 heterocycles. The van der Waals surface area contributed by atoms with Gasteiger partial charge in [0, 0.05) is 17.6 Å². The first-order valence-electron chi connectivity index (χ1n) is 9.66. The van der Waals surface area contributed by atoms with E-state index in [0.717, 1.165) is 33.7 Å². The maximum absolute atomic E-state index is 4.62. The SMILES string of the molecule is [c-]1cc(N(c2ccccc2)c2ccccc2)ccc1-c1nccc2ccccc12. The molecule has 0 fully saturated rings. The van der Waals surface area contributed by atoms with E-state index in [-0.39, 0.29) is 0 Å². The van der Waals surface area contributed by atoms with Crippen LogP contribution >= 0.6 is 0 Å². The zero-order chi connectivity index (χ0) is 19.5. The van der Waals surface area contributed by atoms with Crippen molar-refractivity contribution in [3.8, 4) is 11.3 Å². The second-order valence-corrected chi connectivity index (χ2v) is 6.85. The van der Waals surface area contributed by atoms with Gasteiger partial charge < -0.3 is 9.88 Å². The first kappa shape index (κ1) is 17.2. The highest BCUT2D eigenvalue weighted by Gasteiger charge is 2.08. The lowest BCUT2D eigenvalue weighted by Gasteiger charge is -2.29. The van der Waals surface area contributed by atoms with Crippen LogP contribution in [0, 0.1) is 6.07 Å². The summed E-state index contributed by atoms with van der Waals surface area (Å²) in [7, 11) is 0. The van der Waals surface area contributed by atoms with Crippen molar-refractivity contribution in [2.45, 2.75) is 0 Å². The van der Waals surface area contributed by atoms with Crippen LogP contribution in [0.1, 0.15) is 0 Å². The molecule has 5 aromatic rings. The molecule has 0 radical (unpaired) electrons. The topological polar surface area (TPSA) is 16.1 Å². The Morgan fingerprint density at radius 2 is 1.24 bits per heavy atom. The normalized spacial score (nSPS) is 10.8. The molecule has 4 aromatic carbocycles. The molecule has 5 rings (SSSR count). The van der Waals surface area contributed by atoms with Gasteiger partial charge in [-0.05, 0) is 52.5 Å². The fraction of sp³-hybridized carbons (Fsp3) is 0. The quantitative estimate of drug-likeness (QED) is 0.311. The summed E-state index contributed by atoms with van der Waals surface area (Å²) in [6, 6.07) is 40.9. The van der Waals surface area contributed by atoms with Crippen LogP contribution in [0.2, 0.25) is 0 Å². The molecule has 0 unspecified atom stereocenters. The molecular weight excluding hydrogens is 352 g/mol. The van der Waals surface area contributed by atoms with Crippen LogP contribution in [0.25, 0.3) is 22.0 Å². The predicted octanol–water partition coefficient (Wildman–Crippen LogP) is 7.17. The Bertz CT molecular complexity index is 1190. The molecule has 0 N–H and O–H groups in total. The van der Waals surface area contributed by atoms with Crippen molar-refractivity contribution >= 4 is 27.8 Å². The Hall–Kier alpha value is -3.91. The molecule has 0 aliphatic carbocycles. The number of aromatic nitrogens is 1. The number of nitrogens with zero attached hydrogens (tertiary/aromatic N) is 2. The van der Waals surface area contributed by atoms with E-state index in [9.17, 15) is 0 Å². The van der Waals surface area contributed by atoms with Crippen LogP contribution < -0.4 is 4.90 Å². The lowest BCUT2D eigenvalue weighted by atomic mass is 10.0. The minimum atomic E-state index is 0.959. The number of benzene rings is 4. The van der Waals surface area contributed by atoms with Gasteiger partial charge in [-0.3, -0.25) is 0 Å². The lowest BCUT2D eigenvalue weighted by Crippen LogP contribution is -2.09. The Morgan fingerprint density at radius 1 is 0.586 bits per heavy atom. The molecular formula is C27H19N2-. The second-order valence-electron chi connectivity index (χ2n) is 6.85. The Morgan fingerprint density at radius 3 is 1.90 bits per heavy atom. The molecule has 0 aliphatic rings. The summed E-state index contributed by atoms with van der Waals surface area (Å²) in [4.78, 5) is 6.86. The van der Waals surface area contributed by atoms with Crippen molar-refractivity contribution < 1.29 is 0 Å². The molecule has 0 bridgehead atoms. The van der Waals surface area contributed by atoms with Crippen LogP contribution in [0.3, 0.4) is 0 Å². The third-order valence-electron chi connectivity index (χ3n) is 5.01. The highest BCUT2D eigenvalue weighted by molar-refractivity contribution is 5.94. The molecule has 1 aromatic heterocycles. The number of pyridine rings is 1. The number of rotatable bonds is 4. The number of para-hydroxylation sites is 2. The van der Waals surface area contributed by atoms with Gasteiger partial charge in [-0.2, -0.15) is 0 Å². The third kappa shape index (κ3) is 3.37. The highest BCUT2D eigenvalue weighted by Crippen LogP contribution is 2.35. The zero-order valence-electron chi connectivity index (χ0n) is 15.9. The second kappa shape index (κ2) is 7.61. The molecule has 0 atom stereocenters. The van der Waals surface area contributed by atoms with Gasteiger partial charge in [0.25, 0.3) is 0 Å². The van der Waals surface area contributed by atoms with E-state index in [1.54, 1.807) is 0 Å². The van der Waals surface area contributed by atoms with Gasteiger partial charge in [0.05, 0.1) is 0 Å². The largest absolute Gasteiger partial charge is 0.352 e. The van der Waals surface area contributed by atoms with Gasteiger partial charge in [0.15, 0.2) is 0 Å². The lowest BCUT2D eigenvalue weighted by molar-refractivity contribution is 1.28. The Labute approximate surface area is 170 Å². The average Bonchev–Trinajstić information content (AvgIpc) is 2.81. The summed E-state index contributed by atoms with van der Waals surface area (Å²) in [6.45, 7) is 0. The Kier molecular flexibility index (Phi) is 4.51. The van der Waals surface area contributed by atoms with Gasteiger partial charge >= 0.3 is 0 Å². The maximum Gasteiger partial charge on any atom is 0.0371 e. The molecule has 0 amide bonds. The summed E-state index contributed by atoms with van der Waals surface area (Å²) in [6.07, 6.45) is 1.86. The number of hydrogen-bond acceptors (Lipinski definition) is 2. The van der Waals surface area contributed by atoms with Crippen molar-refractivity contribution in [1.82, 2.24) is 4.98 Å². The fourth-order valence-electron chi connectivity index (χ4n) is 3.64. The van der Waals surface area contributed by atoms with E-state index >= 15 is 0 Å². The summed E-state index contributed by atoms with van der Waals surface area (Å²) in [5.74, 6) is 0. The average molecular weight is 371 g/mol. The molecule has 138 valence electrons. The number of hydrogen-bond donors (Lipinski definition) is 0. The molecule has 0 saturated heterocycles. The van der Waals surface area contributed by atoms with E-state index in [1.165, 1.54) is 5.39 Å². The van der Waals surface area contributed by atoms with Crippen molar-refractivity contribution in [3.63, 3.8) is 0 Å². The van der Waals surface area contributed by atoms with Gasteiger partial charge in [0.1, 0.15) is 0 Å². The summed E-state index contributed by atoms with van der Waals surface area (Å²) in [5.41, 5.74) is 5.24. The summed E-state index contributed by atoms with van der Waals surface area (Å²) >= 11 is 0. The molecule has 0 spiro atoms. The fourth-order valence-corrected chi connectivity index (χ4v) is 3.64. The van der Waals surface area contributed by atoms with Crippen molar-refractivity contribution in [3.05, 3.63) is 121 Å². The van der Waals surface area contributed by atoms with Gasteiger partial charge in [-0.1, -0.05) is 60.7 Å². The minimum Gasteiger partial charge on any atom is -0.352 e. The molecule has 2 heteroatoms. The first-order valence-corrected chi connectivity index (χ1v) is 9.66. The molecule has 29 heavy (non-hydrogen) atoms. The first-order chi connectivity index (χ1) is 14.4. The van der Waals surface area contributed by atoms with E-state index in [4.69, 9.17) is 0 Å². The van der Waals surface area contributed by atoms with E-state index in [1.807, 2.05) is 30.5 Å². The van der Waals surface area contributed by atoms with Crippen LogP contribution in [-0.4, -0.2) is 4.98 Å². The van der Waals surface area contributed by atoms with Gasteiger partial charge in [-0.25, -0.2) is 0 Å². The third-order valence-corrected chi connectivity index (χ3v) is 5.01. The van der Waals surface area contributed by atoms with Crippen molar-refractivity contribution in [2.75, 3.05) is 4.90 Å². The molecule has 2 nitrogen and oxygen atoms in total. The van der Waals surface area contributed by atoms with Crippen molar-refractivity contribution in [2.24, 2.45) is 0 Å². The molecule has 0 saturated carbocycles. The van der Waals surface area contributed by atoms with E-state index < -0.39 is 0 Å². The highest BCUT2D eigenvalue weighted by atomic mass is 15.1. The van der Waals surface area contributed by atoms with E-state index in [2.05, 4.69) is 101 Å². The smallest absolute Gasteiger partial charge is 0.0371 e. The predicted molar refractivity (Wildman–Crippen MR) is 121 cm³/mol. The van der Waals surface area contributed by atoms with Crippen molar-refractivity contribution in [1.29, 1.82) is 0 Å². The number of anilines is 3. The van der Waals surface area contributed by atoms with Crippen LogP contribution in [0.5, 0.6) is 0 Å². The Balaban J connectivity index is 1.59. The minimum absolute atomic E-state index is 0.959.